The lowest BCUT2D eigenvalue weighted by molar-refractivity contribution is 0.0870. The van der Waals surface area contributed by atoms with Crippen molar-refractivity contribution in [3.8, 4) is 17.3 Å². The van der Waals surface area contributed by atoms with Gasteiger partial charge in [-0.25, -0.2) is 13.6 Å². The van der Waals surface area contributed by atoms with Gasteiger partial charge in [-0.05, 0) is 50.8 Å². The average Bonchev–Trinajstić information content (AvgIpc) is 3.69. The fraction of sp³-hybridized carbons (Fsp3) is 0.531. The van der Waals surface area contributed by atoms with Gasteiger partial charge in [0.05, 0.1) is 48.0 Å². The van der Waals surface area contributed by atoms with Gasteiger partial charge in [0.15, 0.2) is 5.82 Å². The quantitative estimate of drug-likeness (QED) is 0.320. The highest BCUT2D eigenvalue weighted by Crippen LogP contribution is 2.42. The number of fused-ring (bicyclic) bond motifs is 8. The molecule has 4 aromatic rings. The van der Waals surface area contributed by atoms with Crippen LogP contribution in [0.1, 0.15) is 38.2 Å². The molecule has 6 bridgehead atoms. The number of pyridine rings is 1. The Hall–Kier alpha value is -3.88. The van der Waals surface area contributed by atoms with Crippen LogP contribution < -0.4 is 15.0 Å². The molecule has 3 fully saturated rings. The molecule has 5 aliphatic heterocycles. The second-order valence-corrected chi connectivity index (χ2v) is 13.7. The van der Waals surface area contributed by atoms with Crippen LogP contribution in [0.4, 0.5) is 19.4 Å². The molecule has 3 aromatic heterocycles. The fourth-order valence-electron chi connectivity index (χ4n) is 7.74. The molecule has 1 amide bonds. The lowest BCUT2D eigenvalue weighted by atomic mass is 9.95. The fourth-order valence-corrected chi connectivity index (χ4v) is 8.03. The van der Waals surface area contributed by atoms with E-state index in [9.17, 15) is 9.18 Å². The van der Waals surface area contributed by atoms with Gasteiger partial charge in [-0.2, -0.15) is 15.1 Å². The molecule has 12 nitrogen and oxygen atoms in total. The van der Waals surface area contributed by atoms with E-state index in [0.717, 1.165) is 19.4 Å². The lowest BCUT2D eigenvalue weighted by Crippen LogP contribution is -2.55. The standard InChI is InChI=1S/C32H35ClF2N8O4/c1-31-15-42(7-9-45-16-31)28-21-12-36-27(24-19(4-2-8-46-30(44)40-31)22(33)10-23-20(24)13-37-41-23)25(35)26(21)38-29(39-28)47-17-32-5-3-6-43(32)14-18(34)11-32/h10,12-13,18H,2-9,11,14-17H2,1H3,(H,37,41)(H,40,44)/t18-,31+,32?/m1/s1. The van der Waals surface area contributed by atoms with Crippen LogP contribution in [0.25, 0.3) is 33.1 Å². The largest absolute Gasteiger partial charge is 0.461 e. The van der Waals surface area contributed by atoms with Gasteiger partial charge in [0.2, 0.25) is 0 Å². The highest BCUT2D eigenvalue weighted by atomic mass is 35.5. The Labute approximate surface area is 274 Å². The van der Waals surface area contributed by atoms with Gasteiger partial charge in [-0.15, -0.1) is 0 Å². The Bertz CT molecular complexity index is 1880. The number of alkyl halides is 1. The summed E-state index contributed by atoms with van der Waals surface area (Å²) in [6, 6.07) is 1.72. The van der Waals surface area contributed by atoms with Crippen molar-refractivity contribution in [3.05, 3.63) is 34.9 Å². The first kappa shape index (κ1) is 30.5. The zero-order valence-electron chi connectivity index (χ0n) is 26.0. The highest BCUT2D eigenvalue weighted by Gasteiger charge is 2.49. The molecule has 3 atom stereocenters. The van der Waals surface area contributed by atoms with E-state index in [1.165, 1.54) is 0 Å². The summed E-state index contributed by atoms with van der Waals surface area (Å²) in [5.74, 6) is -0.268. The first-order valence-corrected chi connectivity index (χ1v) is 16.4. The molecule has 9 rings (SSSR count). The van der Waals surface area contributed by atoms with E-state index in [2.05, 4.69) is 30.4 Å². The Morgan fingerprint density at radius 1 is 1.19 bits per heavy atom. The predicted octanol–water partition coefficient (Wildman–Crippen LogP) is 4.58. The van der Waals surface area contributed by atoms with Gasteiger partial charge in [-0.1, -0.05) is 11.6 Å². The van der Waals surface area contributed by atoms with Crippen LogP contribution in [-0.4, -0.2) is 106 Å². The van der Waals surface area contributed by atoms with Crippen LogP contribution in [-0.2, 0) is 15.9 Å². The van der Waals surface area contributed by atoms with Gasteiger partial charge < -0.3 is 24.4 Å². The first-order chi connectivity index (χ1) is 22.7. The maximum atomic E-state index is 17.1. The minimum Gasteiger partial charge on any atom is -0.461 e. The molecule has 5 aliphatic rings. The Morgan fingerprint density at radius 2 is 2.09 bits per heavy atom. The van der Waals surface area contributed by atoms with Crippen molar-refractivity contribution in [2.24, 2.45) is 0 Å². The van der Waals surface area contributed by atoms with Crippen LogP contribution in [0, 0.1) is 5.82 Å². The van der Waals surface area contributed by atoms with Gasteiger partial charge in [0, 0.05) is 48.2 Å². The number of carbonyl (C=O) groups excluding carboxylic acids is 1. The molecule has 0 saturated carbocycles. The SMILES string of the molecule is C[C@@]12COCCN(C1)c1nc(OCC34CCCN3C[C@H](F)C4)nc3c(F)c(ncc13)-c1c(c(Cl)cc3[nH]ncc13)CCCOC(=O)N2. The van der Waals surface area contributed by atoms with Crippen molar-refractivity contribution in [1.82, 2.24) is 35.4 Å². The number of nitrogens with zero attached hydrogens (tertiary/aromatic N) is 6. The van der Waals surface area contributed by atoms with E-state index < -0.39 is 29.2 Å². The van der Waals surface area contributed by atoms with Gasteiger partial charge in [0.1, 0.15) is 29.8 Å². The molecule has 248 valence electrons. The highest BCUT2D eigenvalue weighted by molar-refractivity contribution is 6.33. The number of aromatic amines is 1. The Balaban J connectivity index is 1.31. The average molecular weight is 669 g/mol. The summed E-state index contributed by atoms with van der Waals surface area (Å²) in [5.41, 5.74) is 0.530. The van der Waals surface area contributed by atoms with Crippen molar-refractivity contribution >= 4 is 45.3 Å². The Kier molecular flexibility index (Phi) is 7.56. The van der Waals surface area contributed by atoms with Crippen molar-refractivity contribution in [1.29, 1.82) is 0 Å². The molecule has 0 aliphatic carbocycles. The van der Waals surface area contributed by atoms with E-state index in [1.807, 2.05) is 11.8 Å². The summed E-state index contributed by atoms with van der Waals surface area (Å²) in [4.78, 5) is 31.1. The maximum Gasteiger partial charge on any atom is 0.407 e. The summed E-state index contributed by atoms with van der Waals surface area (Å²) in [7, 11) is 0. The van der Waals surface area contributed by atoms with Crippen LogP contribution in [0.5, 0.6) is 6.01 Å². The number of nitrogens with one attached hydrogen (secondary N) is 2. The van der Waals surface area contributed by atoms with Crippen LogP contribution in [0.15, 0.2) is 18.5 Å². The topological polar surface area (TPSA) is 131 Å². The summed E-state index contributed by atoms with van der Waals surface area (Å²) in [5, 5.41) is 11.5. The number of carbonyl (C=O) groups is 1. The van der Waals surface area contributed by atoms with Crippen molar-refractivity contribution in [2.45, 2.75) is 56.3 Å². The molecule has 0 radical (unpaired) electrons. The molecule has 2 N–H and O–H groups in total. The van der Waals surface area contributed by atoms with Crippen molar-refractivity contribution in [2.75, 3.05) is 57.5 Å². The molecular formula is C32H35ClF2N8O4. The third-order valence-electron chi connectivity index (χ3n) is 9.88. The number of anilines is 1. The molecule has 0 spiro atoms. The number of hydrogen-bond acceptors (Lipinski definition) is 10. The number of benzene rings is 1. The smallest absolute Gasteiger partial charge is 0.407 e. The van der Waals surface area contributed by atoms with E-state index in [4.69, 9.17) is 30.8 Å². The molecular weight excluding hydrogens is 634 g/mol. The van der Waals surface area contributed by atoms with Gasteiger partial charge in [0.25, 0.3) is 0 Å². The second kappa shape index (κ2) is 11.7. The van der Waals surface area contributed by atoms with Crippen molar-refractivity contribution in [3.63, 3.8) is 0 Å². The monoisotopic (exact) mass is 668 g/mol. The summed E-state index contributed by atoms with van der Waals surface area (Å²) in [6.07, 6.45) is 4.63. The van der Waals surface area contributed by atoms with E-state index in [-0.39, 0.29) is 43.6 Å². The van der Waals surface area contributed by atoms with Gasteiger partial charge >= 0.3 is 12.1 Å². The van der Waals surface area contributed by atoms with E-state index in [1.54, 1.807) is 18.5 Å². The third kappa shape index (κ3) is 5.39. The Morgan fingerprint density at radius 3 is 2.98 bits per heavy atom. The zero-order chi connectivity index (χ0) is 32.3. The number of H-pyrrole nitrogens is 1. The molecule has 1 unspecified atom stereocenters. The lowest BCUT2D eigenvalue weighted by Gasteiger charge is -2.34. The van der Waals surface area contributed by atoms with Crippen LogP contribution >= 0.6 is 11.6 Å². The van der Waals surface area contributed by atoms with Crippen LogP contribution in [0.2, 0.25) is 5.02 Å². The summed E-state index contributed by atoms with van der Waals surface area (Å²) >= 11 is 6.78. The first-order valence-electron chi connectivity index (χ1n) is 16.0. The number of halogens is 3. The van der Waals surface area contributed by atoms with Crippen molar-refractivity contribution < 1.29 is 27.8 Å². The molecule has 3 saturated heterocycles. The number of amides is 1. The predicted molar refractivity (Wildman–Crippen MR) is 170 cm³/mol. The summed E-state index contributed by atoms with van der Waals surface area (Å²) in [6.45, 7) is 4.60. The van der Waals surface area contributed by atoms with Crippen LogP contribution in [0.3, 0.4) is 0 Å². The molecule has 47 heavy (non-hydrogen) atoms. The second-order valence-electron chi connectivity index (χ2n) is 13.3. The number of aromatic nitrogens is 5. The number of ether oxygens (including phenoxy) is 3. The van der Waals surface area contributed by atoms with E-state index >= 15 is 4.39 Å². The molecule has 15 heteroatoms. The number of rotatable bonds is 3. The van der Waals surface area contributed by atoms with Gasteiger partial charge in [-0.3, -0.25) is 15.0 Å². The number of alkyl carbamates (subject to hydrolysis) is 1. The normalized spacial score (nSPS) is 26.8. The number of hydrogen-bond donors (Lipinski definition) is 2. The molecule has 8 heterocycles. The summed E-state index contributed by atoms with van der Waals surface area (Å²) < 4.78 is 49.3. The molecule has 1 aromatic carbocycles. The maximum absolute atomic E-state index is 17.1. The minimum absolute atomic E-state index is 0.0211. The third-order valence-corrected chi connectivity index (χ3v) is 10.2. The minimum atomic E-state index is -0.925. The van der Waals surface area contributed by atoms with E-state index in [0.29, 0.717) is 77.2 Å². The zero-order valence-corrected chi connectivity index (χ0v) is 26.7.